The molecule has 2 aromatic carbocycles. The van der Waals surface area contributed by atoms with Gasteiger partial charge in [0.05, 0.1) is 19.2 Å². The molecule has 0 unspecified atom stereocenters. The van der Waals surface area contributed by atoms with Crippen LogP contribution in [0.25, 0.3) is 0 Å². The van der Waals surface area contributed by atoms with E-state index in [0.29, 0.717) is 12.2 Å². The van der Waals surface area contributed by atoms with E-state index >= 15 is 0 Å². The van der Waals surface area contributed by atoms with Gasteiger partial charge < -0.3 is 15.0 Å². The monoisotopic (exact) mass is 366 g/mol. The zero-order chi connectivity index (χ0) is 19.2. The molecular weight excluding hydrogens is 340 g/mol. The van der Waals surface area contributed by atoms with Gasteiger partial charge in [-0.25, -0.2) is 0 Å². The highest BCUT2D eigenvalue weighted by Crippen LogP contribution is 2.32. The molecule has 2 amide bonds. The highest BCUT2D eigenvalue weighted by Gasteiger charge is 2.29. The normalized spacial score (nSPS) is 16.2. The maximum absolute atomic E-state index is 12.7. The van der Waals surface area contributed by atoms with Crippen LogP contribution in [-0.4, -0.2) is 36.4 Å². The van der Waals surface area contributed by atoms with Crippen molar-refractivity contribution in [3.63, 3.8) is 0 Å². The van der Waals surface area contributed by atoms with Gasteiger partial charge in [-0.1, -0.05) is 29.8 Å². The molecule has 1 fully saturated rings. The number of likely N-dealkylation sites (tertiary alicyclic amines) is 1. The van der Waals surface area contributed by atoms with Crippen molar-refractivity contribution < 1.29 is 14.3 Å². The largest absolute Gasteiger partial charge is 0.494 e. The lowest BCUT2D eigenvalue weighted by Gasteiger charge is -2.25. The first kappa shape index (κ1) is 19.0. The molecule has 1 saturated heterocycles. The molecule has 0 aliphatic carbocycles. The minimum Gasteiger partial charge on any atom is -0.494 e. The second-order valence-corrected chi connectivity index (χ2v) is 6.80. The van der Waals surface area contributed by atoms with E-state index in [2.05, 4.69) is 5.32 Å². The van der Waals surface area contributed by atoms with Crippen molar-refractivity contribution >= 4 is 11.8 Å². The Morgan fingerprint density at radius 2 is 1.81 bits per heavy atom. The van der Waals surface area contributed by atoms with E-state index in [1.807, 2.05) is 55.1 Å². The summed E-state index contributed by atoms with van der Waals surface area (Å²) < 4.78 is 5.48. The molecule has 1 aliphatic rings. The maximum atomic E-state index is 12.7. The summed E-state index contributed by atoms with van der Waals surface area (Å²) in [5.74, 6) is 0.564. The fourth-order valence-corrected chi connectivity index (χ4v) is 3.43. The van der Waals surface area contributed by atoms with E-state index in [-0.39, 0.29) is 24.4 Å². The molecule has 0 saturated carbocycles. The van der Waals surface area contributed by atoms with Gasteiger partial charge in [0.25, 0.3) is 5.91 Å². The van der Waals surface area contributed by atoms with Crippen LogP contribution in [0.3, 0.4) is 0 Å². The van der Waals surface area contributed by atoms with Crippen molar-refractivity contribution in [1.29, 1.82) is 0 Å². The fraction of sp³-hybridized carbons (Fsp3) is 0.364. The minimum atomic E-state index is -0.222. The van der Waals surface area contributed by atoms with Crippen LogP contribution in [0.4, 0.5) is 0 Å². The van der Waals surface area contributed by atoms with Gasteiger partial charge in [-0.3, -0.25) is 9.59 Å². The molecule has 142 valence electrons. The first-order valence-corrected chi connectivity index (χ1v) is 9.45. The Bertz CT molecular complexity index is 784. The van der Waals surface area contributed by atoms with E-state index in [1.165, 1.54) is 0 Å². The molecule has 5 nitrogen and oxygen atoms in total. The SMILES string of the molecule is CCOc1ccc([C@@H]2CCCN2C(=O)CNC(=O)c2ccc(C)cc2)cc1. The third kappa shape index (κ3) is 4.67. The molecule has 2 aromatic rings. The lowest BCUT2D eigenvalue weighted by atomic mass is 10.0. The smallest absolute Gasteiger partial charge is 0.251 e. The molecule has 1 atom stereocenters. The van der Waals surface area contributed by atoms with Gasteiger partial charge >= 0.3 is 0 Å². The summed E-state index contributed by atoms with van der Waals surface area (Å²) in [5.41, 5.74) is 2.77. The van der Waals surface area contributed by atoms with Gasteiger partial charge in [0.15, 0.2) is 0 Å². The Kier molecular flexibility index (Phi) is 6.12. The molecule has 1 heterocycles. The summed E-state index contributed by atoms with van der Waals surface area (Å²) >= 11 is 0. The Hall–Kier alpha value is -2.82. The van der Waals surface area contributed by atoms with Crippen LogP contribution < -0.4 is 10.1 Å². The Morgan fingerprint density at radius 1 is 1.11 bits per heavy atom. The van der Waals surface area contributed by atoms with Gasteiger partial charge in [0.2, 0.25) is 5.91 Å². The number of carbonyl (C=O) groups is 2. The Balaban J connectivity index is 1.59. The Morgan fingerprint density at radius 3 is 2.48 bits per heavy atom. The van der Waals surface area contributed by atoms with Crippen molar-refractivity contribution in [3.8, 4) is 5.75 Å². The number of nitrogens with one attached hydrogen (secondary N) is 1. The molecule has 1 aliphatic heterocycles. The number of amides is 2. The second kappa shape index (κ2) is 8.71. The molecule has 3 rings (SSSR count). The average Bonchev–Trinajstić information content (AvgIpc) is 3.17. The van der Waals surface area contributed by atoms with Crippen LogP contribution in [0.5, 0.6) is 5.75 Å². The maximum Gasteiger partial charge on any atom is 0.251 e. The summed E-state index contributed by atoms with van der Waals surface area (Å²) in [4.78, 5) is 26.8. The number of rotatable bonds is 6. The number of benzene rings is 2. The third-order valence-corrected chi connectivity index (χ3v) is 4.86. The zero-order valence-corrected chi connectivity index (χ0v) is 15.9. The summed E-state index contributed by atoms with van der Waals surface area (Å²) in [6.45, 7) is 5.29. The Labute approximate surface area is 160 Å². The lowest BCUT2D eigenvalue weighted by molar-refractivity contribution is -0.131. The van der Waals surface area contributed by atoms with Gasteiger partial charge in [0, 0.05) is 12.1 Å². The number of ether oxygens (including phenoxy) is 1. The van der Waals surface area contributed by atoms with Crippen LogP contribution >= 0.6 is 0 Å². The number of aryl methyl sites for hydroxylation is 1. The highest BCUT2D eigenvalue weighted by molar-refractivity contribution is 5.96. The first-order valence-electron chi connectivity index (χ1n) is 9.45. The number of hydrogen-bond acceptors (Lipinski definition) is 3. The van der Waals surface area contributed by atoms with Gasteiger partial charge in [-0.05, 0) is 56.5 Å². The van der Waals surface area contributed by atoms with E-state index in [1.54, 1.807) is 12.1 Å². The summed E-state index contributed by atoms with van der Waals surface area (Å²) in [7, 11) is 0. The van der Waals surface area contributed by atoms with Crippen molar-refractivity contribution in [3.05, 3.63) is 65.2 Å². The van der Waals surface area contributed by atoms with Gasteiger partial charge in [-0.15, -0.1) is 0 Å². The fourth-order valence-electron chi connectivity index (χ4n) is 3.43. The topological polar surface area (TPSA) is 58.6 Å². The lowest BCUT2D eigenvalue weighted by Crippen LogP contribution is -2.39. The number of nitrogens with zero attached hydrogens (tertiary/aromatic N) is 1. The predicted octanol–water partition coefficient (Wildman–Crippen LogP) is 3.49. The first-order chi connectivity index (χ1) is 13.1. The number of carbonyl (C=O) groups excluding carboxylic acids is 2. The summed E-state index contributed by atoms with van der Waals surface area (Å²) in [5, 5.41) is 2.74. The molecular formula is C22H26N2O3. The molecule has 0 aromatic heterocycles. The van der Waals surface area contributed by atoms with Crippen LogP contribution in [0, 0.1) is 6.92 Å². The summed E-state index contributed by atoms with van der Waals surface area (Å²) in [6, 6.07) is 15.3. The van der Waals surface area contributed by atoms with Crippen LogP contribution in [-0.2, 0) is 4.79 Å². The highest BCUT2D eigenvalue weighted by atomic mass is 16.5. The average molecular weight is 366 g/mol. The number of hydrogen-bond donors (Lipinski definition) is 1. The standard InChI is InChI=1S/C22H26N2O3/c1-3-27-19-12-10-17(11-13-19)20-5-4-14-24(20)21(25)15-23-22(26)18-8-6-16(2)7-9-18/h6-13,20H,3-5,14-15H2,1-2H3,(H,23,26)/t20-/m0/s1. The van der Waals surface area contributed by atoms with E-state index in [4.69, 9.17) is 4.74 Å². The van der Waals surface area contributed by atoms with Crippen molar-refractivity contribution in [2.45, 2.75) is 32.7 Å². The van der Waals surface area contributed by atoms with Gasteiger partial charge in [-0.2, -0.15) is 0 Å². The van der Waals surface area contributed by atoms with E-state index < -0.39 is 0 Å². The molecule has 0 spiro atoms. The molecule has 0 radical (unpaired) electrons. The van der Waals surface area contributed by atoms with E-state index in [9.17, 15) is 9.59 Å². The third-order valence-electron chi connectivity index (χ3n) is 4.86. The van der Waals surface area contributed by atoms with Crippen molar-refractivity contribution in [1.82, 2.24) is 10.2 Å². The van der Waals surface area contributed by atoms with Crippen molar-refractivity contribution in [2.24, 2.45) is 0 Å². The van der Waals surface area contributed by atoms with Gasteiger partial charge in [0.1, 0.15) is 5.75 Å². The minimum absolute atomic E-state index is 0.0141. The molecule has 27 heavy (non-hydrogen) atoms. The van der Waals surface area contributed by atoms with E-state index in [0.717, 1.165) is 36.3 Å². The van der Waals surface area contributed by atoms with Crippen molar-refractivity contribution in [2.75, 3.05) is 19.7 Å². The molecule has 1 N–H and O–H groups in total. The van der Waals surface area contributed by atoms with Crippen LogP contribution in [0.1, 0.15) is 47.3 Å². The summed E-state index contributed by atoms with van der Waals surface area (Å²) in [6.07, 6.45) is 1.90. The quantitative estimate of drug-likeness (QED) is 0.851. The second-order valence-electron chi connectivity index (χ2n) is 6.80. The van der Waals surface area contributed by atoms with Crippen LogP contribution in [0.15, 0.2) is 48.5 Å². The van der Waals surface area contributed by atoms with Crippen LogP contribution in [0.2, 0.25) is 0 Å². The molecule has 0 bridgehead atoms. The predicted molar refractivity (Wildman–Crippen MR) is 105 cm³/mol. The molecule has 5 heteroatoms. The zero-order valence-electron chi connectivity index (χ0n) is 15.9.